The van der Waals surface area contributed by atoms with Crippen molar-refractivity contribution < 1.29 is 24.0 Å². The van der Waals surface area contributed by atoms with Crippen LogP contribution in [0.2, 0.25) is 0 Å². The lowest BCUT2D eigenvalue weighted by Gasteiger charge is -2.29. The van der Waals surface area contributed by atoms with Gasteiger partial charge >= 0.3 is 0 Å². The number of anilines is 1. The Morgan fingerprint density at radius 1 is 1.19 bits per heavy atom. The topological polar surface area (TPSA) is 102 Å². The Balaban J connectivity index is 1.54. The van der Waals surface area contributed by atoms with Crippen molar-refractivity contribution in [3.8, 4) is 5.75 Å². The van der Waals surface area contributed by atoms with E-state index in [9.17, 15) is 19.7 Å². The summed E-state index contributed by atoms with van der Waals surface area (Å²) in [7, 11) is 1.56. The zero-order chi connectivity index (χ0) is 22.7. The molecule has 0 atom stereocenters. The van der Waals surface area contributed by atoms with Crippen LogP contribution in [0.4, 0.5) is 16.2 Å². The third-order valence-electron chi connectivity index (χ3n) is 5.22. The van der Waals surface area contributed by atoms with E-state index in [1.165, 1.54) is 18.2 Å². The first kappa shape index (κ1) is 21.8. The SMILES string of the molecule is COc1cc(N2CCOCC2)ccc1/C=C1\SC(=O)N(Cc2cccc([N+](=O)[O-])c2)C1=O. The zero-order valence-electron chi connectivity index (χ0n) is 17.4. The molecule has 0 N–H and O–H groups in total. The van der Waals surface area contributed by atoms with Crippen molar-refractivity contribution in [2.75, 3.05) is 38.3 Å². The summed E-state index contributed by atoms with van der Waals surface area (Å²) in [5.41, 5.74) is 2.11. The monoisotopic (exact) mass is 455 g/mol. The number of morpholine rings is 1. The number of benzene rings is 2. The fraction of sp³-hybridized carbons (Fsp3) is 0.273. The van der Waals surface area contributed by atoms with Crippen LogP contribution >= 0.6 is 11.8 Å². The first-order chi connectivity index (χ1) is 15.5. The fourth-order valence-corrected chi connectivity index (χ4v) is 4.39. The standard InChI is InChI=1S/C22H21N3O6S/c1-30-19-13-17(23-7-9-31-10-8-23)6-5-16(19)12-20-21(26)24(22(27)32-20)14-15-3-2-4-18(11-15)25(28)29/h2-6,11-13H,7-10,14H2,1H3/b20-12-. The molecule has 166 valence electrons. The Morgan fingerprint density at radius 2 is 1.97 bits per heavy atom. The van der Waals surface area contributed by atoms with Gasteiger partial charge in [-0.15, -0.1) is 0 Å². The fourth-order valence-electron chi connectivity index (χ4n) is 3.57. The summed E-state index contributed by atoms with van der Waals surface area (Å²) in [6.07, 6.45) is 1.64. The molecule has 2 saturated heterocycles. The lowest BCUT2D eigenvalue weighted by Crippen LogP contribution is -2.36. The minimum absolute atomic E-state index is 0.0310. The van der Waals surface area contributed by atoms with E-state index in [0.29, 0.717) is 30.1 Å². The number of hydrogen-bond donors (Lipinski definition) is 0. The van der Waals surface area contributed by atoms with Gasteiger partial charge in [-0.2, -0.15) is 0 Å². The summed E-state index contributed by atoms with van der Waals surface area (Å²) in [5.74, 6) is 0.158. The van der Waals surface area contributed by atoms with Crippen LogP contribution < -0.4 is 9.64 Å². The largest absolute Gasteiger partial charge is 0.496 e. The van der Waals surface area contributed by atoms with Crippen LogP contribution in [0.5, 0.6) is 5.75 Å². The molecule has 2 aromatic rings. The quantitative estimate of drug-likeness (QED) is 0.369. The molecule has 0 bridgehead atoms. The number of rotatable bonds is 6. The summed E-state index contributed by atoms with van der Waals surface area (Å²) < 4.78 is 10.9. The van der Waals surface area contributed by atoms with Gasteiger partial charge in [0.1, 0.15) is 5.75 Å². The third kappa shape index (κ3) is 4.61. The van der Waals surface area contributed by atoms with Gasteiger partial charge in [0, 0.05) is 42.5 Å². The first-order valence-corrected chi connectivity index (χ1v) is 10.8. The molecule has 10 heteroatoms. The molecule has 2 fully saturated rings. The second kappa shape index (κ2) is 9.41. The number of carbonyl (C=O) groups excluding carboxylic acids is 2. The summed E-state index contributed by atoms with van der Waals surface area (Å²) in [4.78, 5) is 39.4. The molecule has 0 unspecified atom stereocenters. The summed E-state index contributed by atoms with van der Waals surface area (Å²) in [6, 6.07) is 11.6. The molecule has 0 aliphatic carbocycles. The molecule has 32 heavy (non-hydrogen) atoms. The normalized spacial score (nSPS) is 17.8. The van der Waals surface area contributed by atoms with E-state index < -0.39 is 16.1 Å². The van der Waals surface area contributed by atoms with Crippen molar-refractivity contribution in [2.24, 2.45) is 0 Å². The van der Waals surface area contributed by atoms with Crippen molar-refractivity contribution >= 4 is 40.4 Å². The highest BCUT2D eigenvalue weighted by Gasteiger charge is 2.35. The maximum atomic E-state index is 12.9. The van der Waals surface area contributed by atoms with Gasteiger partial charge < -0.3 is 14.4 Å². The van der Waals surface area contributed by atoms with E-state index in [-0.39, 0.29) is 17.1 Å². The predicted octanol–water partition coefficient (Wildman–Crippen LogP) is 3.68. The van der Waals surface area contributed by atoms with E-state index >= 15 is 0 Å². The molecule has 2 amide bonds. The van der Waals surface area contributed by atoms with Crippen LogP contribution in [-0.4, -0.2) is 54.4 Å². The maximum Gasteiger partial charge on any atom is 0.293 e. The Bertz CT molecular complexity index is 1100. The molecule has 0 aromatic heterocycles. The average molecular weight is 455 g/mol. The van der Waals surface area contributed by atoms with Crippen molar-refractivity contribution in [3.05, 3.63) is 68.6 Å². The van der Waals surface area contributed by atoms with Crippen LogP contribution in [0.15, 0.2) is 47.4 Å². The van der Waals surface area contributed by atoms with Crippen molar-refractivity contribution in [1.82, 2.24) is 4.90 Å². The number of ether oxygens (including phenoxy) is 2. The van der Waals surface area contributed by atoms with E-state index in [0.717, 1.165) is 35.4 Å². The molecule has 2 aromatic carbocycles. The van der Waals surface area contributed by atoms with Gasteiger partial charge in [0.2, 0.25) is 0 Å². The number of nitro benzene ring substituents is 1. The number of nitro groups is 1. The Morgan fingerprint density at radius 3 is 2.69 bits per heavy atom. The maximum absolute atomic E-state index is 12.9. The summed E-state index contributed by atoms with van der Waals surface area (Å²) >= 11 is 0.840. The predicted molar refractivity (Wildman–Crippen MR) is 121 cm³/mol. The molecule has 4 rings (SSSR count). The molecule has 2 heterocycles. The third-order valence-corrected chi connectivity index (χ3v) is 6.12. The van der Waals surface area contributed by atoms with Gasteiger partial charge in [0.25, 0.3) is 16.8 Å². The van der Waals surface area contributed by atoms with Crippen LogP contribution in [0.1, 0.15) is 11.1 Å². The molecule has 9 nitrogen and oxygen atoms in total. The number of methoxy groups -OCH3 is 1. The molecule has 2 aliphatic rings. The van der Waals surface area contributed by atoms with Gasteiger partial charge in [-0.1, -0.05) is 12.1 Å². The number of nitrogens with zero attached hydrogens (tertiary/aromatic N) is 3. The van der Waals surface area contributed by atoms with Crippen molar-refractivity contribution in [1.29, 1.82) is 0 Å². The van der Waals surface area contributed by atoms with E-state index in [4.69, 9.17) is 9.47 Å². The second-order valence-corrected chi connectivity index (χ2v) is 8.21. The number of amides is 2. The van der Waals surface area contributed by atoms with Crippen LogP contribution in [0, 0.1) is 10.1 Å². The van der Waals surface area contributed by atoms with Crippen LogP contribution in [0.3, 0.4) is 0 Å². The molecule has 2 aliphatic heterocycles. The van der Waals surface area contributed by atoms with Crippen molar-refractivity contribution in [2.45, 2.75) is 6.54 Å². The lowest BCUT2D eigenvalue weighted by atomic mass is 10.1. The van der Waals surface area contributed by atoms with Gasteiger partial charge in [-0.3, -0.25) is 24.6 Å². The molecule has 0 radical (unpaired) electrons. The Hall–Kier alpha value is -3.37. The minimum atomic E-state index is -0.510. The number of thioether (sulfide) groups is 1. The molecule has 0 spiro atoms. The number of hydrogen-bond acceptors (Lipinski definition) is 8. The highest BCUT2D eigenvalue weighted by Crippen LogP contribution is 2.36. The van der Waals surface area contributed by atoms with Gasteiger partial charge in [-0.25, -0.2) is 0 Å². The highest BCUT2D eigenvalue weighted by atomic mass is 32.2. The van der Waals surface area contributed by atoms with Crippen LogP contribution in [0.25, 0.3) is 6.08 Å². The first-order valence-electron chi connectivity index (χ1n) is 9.95. The Labute approximate surface area is 188 Å². The smallest absolute Gasteiger partial charge is 0.293 e. The summed E-state index contributed by atoms with van der Waals surface area (Å²) in [6.45, 7) is 2.89. The van der Waals surface area contributed by atoms with E-state index in [1.807, 2.05) is 18.2 Å². The number of non-ortho nitro benzene ring substituents is 1. The van der Waals surface area contributed by atoms with Crippen molar-refractivity contribution in [3.63, 3.8) is 0 Å². The van der Waals surface area contributed by atoms with E-state index in [1.54, 1.807) is 19.3 Å². The van der Waals surface area contributed by atoms with E-state index in [2.05, 4.69) is 4.90 Å². The zero-order valence-corrected chi connectivity index (χ0v) is 18.2. The van der Waals surface area contributed by atoms with Gasteiger partial charge in [0.15, 0.2) is 0 Å². The van der Waals surface area contributed by atoms with Crippen LogP contribution in [-0.2, 0) is 16.1 Å². The molecular weight excluding hydrogens is 434 g/mol. The minimum Gasteiger partial charge on any atom is -0.496 e. The lowest BCUT2D eigenvalue weighted by molar-refractivity contribution is -0.384. The Kier molecular flexibility index (Phi) is 6.42. The van der Waals surface area contributed by atoms with Gasteiger partial charge in [0.05, 0.1) is 36.7 Å². The second-order valence-electron chi connectivity index (χ2n) is 7.22. The molecule has 0 saturated carbocycles. The molecular formula is C22H21N3O6S. The highest BCUT2D eigenvalue weighted by molar-refractivity contribution is 8.18. The van der Waals surface area contributed by atoms with Gasteiger partial charge in [-0.05, 0) is 35.5 Å². The number of carbonyl (C=O) groups is 2. The number of imide groups is 1. The summed E-state index contributed by atoms with van der Waals surface area (Å²) in [5, 5.41) is 10.6. The average Bonchev–Trinajstić information content (AvgIpc) is 3.07.